The fourth-order valence-corrected chi connectivity index (χ4v) is 8.16. The molecule has 20 heteroatoms. The summed E-state index contributed by atoms with van der Waals surface area (Å²) < 4.78 is 51.7. The predicted octanol–water partition coefficient (Wildman–Crippen LogP) is 9.74. The second-order valence-electron chi connectivity index (χ2n) is 17.7. The van der Waals surface area contributed by atoms with E-state index < -0.39 is 10.9 Å². The number of amides is 2. The van der Waals surface area contributed by atoms with Gasteiger partial charge in [-0.25, -0.2) is 9.97 Å². The van der Waals surface area contributed by atoms with Gasteiger partial charge in [0.1, 0.15) is 10.9 Å². The number of pyridine rings is 2. The number of hydrogen-bond acceptors (Lipinski definition) is 16. The molecule has 73 heavy (non-hydrogen) atoms. The number of aromatic nitrogens is 6. The second kappa shape index (κ2) is 29.9. The number of azo groups is 1. The van der Waals surface area contributed by atoms with Gasteiger partial charge in [-0.3, -0.25) is 9.59 Å². The lowest BCUT2D eigenvalue weighted by Gasteiger charge is -2.21. The molecule has 0 fully saturated rings. The Labute approximate surface area is 428 Å². The molecule has 0 aliphatic carbocycles. The van der Waals surface area contributed by atoms with E-state index in [4.69, 9.17) is 23.9 Å². The predicted molar refractivity (Wildman–Crippen MR) is 279 cm³/mol. The molecule has 0 aliphatic rings. The SMILES string of the molecule is CC(C)(CCCCOc1cc(-c2ccccc2)cc(-c2ccccc2)n1)c1nnn(CCCCC(=O)NCCCOCCOCCOCCCNC(=O)c2ccc(N=NCc3ccccc3S(O)(O)O)nc2)n1. The zero-order valence-corrected chi connectivity index (χ0v) is 42.5. The minimum absolute atomic E-state index is 0.00327. The van der Waals surface area contributed by atoms with Crippen LogP contribution in [0.5, 0.6) is 5.88 Å². The molecule has 0 saturated carbocycles. The van der Waals surface area contributed by atoms with Gasteiger partial charge in [0, 0.05) is 56.0 Å². The number of ether oxygens (including phenoxy) is 4. The van der Waals surface area contributed by atoms with Gasteiger partial charge in [0.15, 0.2) is 11.6 Å². The van der Waals surface area contributed by atoms with E-state index in [-0.39, 0.29) is 34.5 Å². The van der Waals surface area contributed by atoms with Crippen LogP contribution in [0.4, 0.5) is 5.82 Å². The van der Waals surface area contributed by atoms with E-state index >= 15 is 0 Å². The van der Waals surface area contributed by atoms with Crippen molar-refractivity contribution in [3.05, 3.63) is 132 Å². The second-order valence-corrected chi connectivity index (χ2v) is 19.2. The van der Waals surface area contributed by atoms with Gasteiger partial charge in [-0.05, 0) is 91.1 Å². The summed E-state index contributed by atoms with van der Waals surface area (Å²) in [5.74, 6) is 1.32. The molecule has 6 aromatic rings. The van der Waals surface area contributed by atoms with Gasteiger partial charge in [-0.1, -0.05) is 92.7 Å². The highest BCUT2D eigenvalue weighted by atomic mass is 32.3. The summed E-state index contributed by atoms with van der Waals surface area (Å²) in [6.07, 6.45) is 7.29. The van der Waals surface area contributed by atoms with E-state index in [9.17, 15) is 23.2 Å². The van der Waals surface area contributed by atoms with Crippen molar-refractivity contribution in [2.45, 2.75) is 88.6 Å². The summed E-state index contributed by atoms with van der Waals surface area (Å²) in [5.41, 5.74) is 4.63. The smallest absolute Gasteiger partial charge is 0.252 e. The summed E-state index contributed by atoms with van der Waals surface area (Å²) in [7, 11) is -3.88. The van der Waals surface area contributed by atoms with Gasteiger partial charge < -0.3 is 43.2 Å². The Hall–Kier alpha value is -6.52. The van der Waals surface area contributed by atoms with Crippen molar-refractivity contribution < 1.29 is 42.2 Å². The average Bonchev–Trinajstić information content (AvgIpc) is 3.89. The van der Waals surface area contributed by atoms with Crippen molar-refractivity contribution in [1.82, 2.24) is 40.8 Å². The van der Waals surface area contributed by atoms with Gasteiger partial charge in [0.2, 0.25) is 11.8 Å². The largest absolute Gasteiger partial charge is 0.478 e. The minimum Gasteiger partial charge on any atom is -0.478 e. The fourth-order valence-electron chi connectivity index (χ4n) is 7.41. The van der Waals surface area contributed by atoms with E-state index in [1.54, 1.807) is 35.1 Å². The molecular formula is C53H68N10O9S. The number of tetrazole rings is 1. The summed E-state index contributed by atoms with van der Waals surface area (Å²) in [5, 5.41) is 27.1. The molecule has 3 aromatic heterocycles. The van der Waals surface area contributed by atoms with Gasteiger partial charge in [0.25, 0.3) is 5.91 Å². The van der Waals surface area contributed by atoms with Crippen LogP contribution in [-0.4, -0.2) is 115 Å². The highest BCUT2D eigenvalue weighted by Crippen LogP contribution is 2.45. The third kappa shape index (κ3) is 19.8. The van der Waals surface area contributed by atoms with Crippen molar-refractivity contribution >= 4 is 28.5 Å². The lowest BCUT2D eigenvalue weighted by atomic mass is 9.86. The first-order chi connectivity index (χ1) is 35.4. The molecule has 2 amide bonds. The molecule has 3 aromatic carbocycles. The number of unbranched alkanes of at least 4 members (excludes halogenated alkanes) is 2. The van der Waals surface area contributed by atoms with Crippen LogP contribution in [0.15, 0.2) is 131 Å². The number of carbonyl (C=O) groups is 2. The number of aryl methyl sites for hydroxylation is 1. The Balaban J connectivity index is 0.718. The highest BCUT2D eigenvalue weighted by molar-refractivity contribution is 8.19. The summed E-state index contributed by atoms with van der Waals surface area (Å²) in [6.45, 7) is 9.07. The third-order valence-corrected chi connectivity index (χ3v) is 12.5. The van der Waals surface area contributed by atoms with Crippen LogP contribution in [0.25, 0.3) is 22.4 Å². The summed E-state index contributed by atoms with van der Waals surface area (Å²) in [6, 6.07) is 33.9. The van der Waals surface area contributed by atoms with Gasteiger partial charge in [0.05, 0.1) is 62.3 Å². The molecule has 6 rings (SSSR count). The van der Waals surface area contributed by atoms with E-state index in [1.807, 2.05) is 42.5 Å². The van der Waals surface area contributed by atoms with E-state index in [0.29, 0.717) is 114 Å². The first-order valence-electron chi connectivity index (χ1n) is 24.7. The maximum atomic E-state index is 12.5. The van der Waals surface area contributed by atoms with Gasteiger partial charge >= 0.3 is 0 Å². The topological polar surface area (TPSA) is 250 Å². The molecule has 0 bridgehead atoms. The minimum atomic E-state index is -3.88. The van der Waals surface area contributed by atoms with Crippen molar-refractivity contribution in [3.8, 4) is 28.3 Å². The maximum absolute atomic E-state index is 12.5. The number of carbonyl (C=O) groups excluding carboxylic acids is 2. The molecule has 0 atom stereocenters. The lowest BCUT2D eigenvalue weighted by molar-refractivity contribution is -0.121. The molecule has 0 spiro atoms. The van der Waals surface area contributed by atoms with Crippen molar-refractivity contribution in [2.24, 2.45) is 10.2 Å². The summed E-state index contributed by atoms with van der Waals surface area (Å²) in [4.78, 5) is 35.4. The summed E-state index contributed by atoms with van der Waals surface area (Å²) >= 11 is 0. The van der Waals surface area contributed by atoms with Crippen molar-refractivity contribution in [2.75, 3.05) is 59.3 Å². The zero-order chi connectivity index (χ0) is 51.6. The number of benzene rings is 3. The first-order valence-corrected chi connectivity index (χ1v) is 26.2. The monoisotopic (exact) mass is 1020 g/mol. The average molecular weight is 1020 g/mol. The maximum Gasteiger partial charge on any atom is 0.252 e. The lowest BCUT2D eigenvalue weighted by Crippen LogP contribution is -2.25. The number of rotatable bonds is 33. The Morgan fingerprint density at radius 2 is 1.37 bits per heavy atom. The number of hydrogen-bond donors (Lipinski definition) is 5. The van der Waals surface area contributed by atoms with E-state index in [1.165, 1.54) is 12.3 Å². The van der Waals surface area contributed by atoms with Crippen LogP contribution in [0.1, 0.15) is 87.0 Å². The molecule has 0 saturated heterocycles. The molecular weight excluding hydrogens is 953 g/mol. The van der Waals surface area contributed by atoms with Crippen LogP contribution in [-0.2, 0) is 37.5 Å². The first kappa shape index (κ1) is 55.8. The highest BCUT2D eigenvalue weighted by Gasteiger charge is 2.26. The molecule has 0 aliphatic heterocycles. The fraction of sp³-hybridized carbons (Fsp3) is 0.415. The standard InChI is InChI=1S/C53H68N10O9S/c1-53(2,26-12-14-32-72-50-38-45(41-17-5-3-6-18-41)37-46(58-50)42-19-7-4-8-20-42)52-60-62-63(61-52)29-13-11-23-49(64)54-27-15-30-69-33-35-71-36-34-70-31-16-28-55-51(65)44-24-25-48(56-39-44)59-57-40-43-21-9-10-22-47(43)73(66,67)68/h3-10,17-22,24-25,37-39,66-68H,11-16,23,26-36,40H2,1-2H3,(H,54,64)(H,55,65). The molecule has 390 valence electrons. The van der Waals surface area contributed by atoms with Crippen LogP contribution >= 0.6 is 10.9 Å². The van der Waals surface area contributed by atoms with Crippen molar-refractivity contribution in [1.29, 1.82) is 0 Å². The Bertz CT molecular complexity index is 2540. The van der Waals surface area contributed by atoms with Crippen LogP contribution in [0.2, 0.25) is 0 Å². The van der Waals surface area contributed by atoms with Crippen LogP contribution in [0.3, 0.4) is 0 Å². The van der Waals surface area contributed by atoms with Gasteiger partial charge in [-0.2, -0.15) is 9.91 Å². The van der Waals surface area contributed by atoms with E-state index in [0.717, 1.165) is 48.1 Å². The Morgan fingerprint density at radius 3 is 2.07 bits per heavy atom. The third-order valence-electron chi connectivity index (χ3n) is 11.5. The Kier molecular flexibility index (Phi) is 22.8. The van der Waals surface area contributed by atoms with Crippen LogP contribution in [0, 0.1) is 0 Å². The van der Waals surface area contributed by atoms with Crippen molar-refractivity contribution in [3.63, 3.8) is 0 Å². The normalized spacial score (nSPS) is 12.0. The number of nitrogens with one attached hydrogen (secondary N) is 2. The molecule has 0 radical (unpaired) electrons. The molecule has 19 nitrogen and oxygen atoms in total. The molecule has 3 heterocycles. The zero-order valence-electron chi connectivity index (χ0n) is 41.7. The number of nitrogens with zero attached hydrogens (tertiary/aromatic N) is 8. The van der Waals surface area contributed by atoms with Crippen LogP contribution < -0.4 is 15.4 Å². The molecule has 0 unspecified atom stereocenters. The van der Waals surface area contributed by atoms with Gasteiger partial charge in [-0.15, -0.1) is 15.3 Å². The quantitative estimate of drug-likeness (QED) is 0.0190. The Morgan fingerprint density at radius 1 is 0.699 bits per heavy atom. The van der Waals surface area contributed by atoms with E-state index in [2.05, 4.69) is 85.4 Å². The molecule has 5 N–H and O–H groups in total.